The van der Waals surface area contributed by atoms with Crippen molar-refractivity contribution in [3.05, 3.63) is 387 Å². The number of carbonyl (C=O) groups is 2. The first kappa shape index (κ1) is 112. The Morgan fingerprint density at radius 3 is 0.784 bits per heavy atom. The molecule has 8 bridgehead atoms. The van der Waals surface area contributed by atoms with Crippen LogP contribution < -0.4 is 61.2 Å². The largest absolute Gasteiger partial charge is 2.00 e. The summed E-state index contributed by atoms with van der Waals surface area (Å²) >= 11 is 3.49. The molecular weight excluding hydrogens is 2040 g/mol. The topological polar surface area (TPSA) is 194 Å². The summed E-state index contributed by atoms with van der Waals surface area (Å²) in [5, 5.41) is -11.6. The molecule has 0 heterocycles. The van der Waals surface area contributed by atoms with E-state index in [1.54, 1.807) is 0 Å². The zero-order chi connectivity index (χ0) is 95.8. The molecule has 0 aromatic heterocycles. The number of para-hydroxylation sites is 6. The van der Waals surface area contributed by atoms with Gasteiger partial charge in [0.15, 0.2) is 34.9 Å². The van der Waals surface area contributed by atoms with Gasteiger partial charge in [-0.3, -0.25) is 9.59 Å². The van der Waals surface area contributed by atoms with Crippen LogP contribution in [0.3, 0.4) is 0 Å². The van der Waals surface area contributed by atoms with Crippen LogP contribution in [0.15, 0.2) is 405 Å². The second kappa shape index (κ2) is 50.0. The van der Waals surface area contributed by atoms with Crippen molar-refractivity contribution in [2.75, 3.05) is 14.7 Å². The summed E-state index contributed by atoms with van der Waals surface area (Å²) in [5.41, 5.74) is 7.76. The minimum Gasteiger partial charge on any atom is -1.00 e. The Balaban J connectivity index is 0.000000208. The van der Waals surface area contributed by atoms with E-state index >= 15 is 0 Å². The molecule has 2 unspecified atom stereocenters. The van der Waals surface area contributed by atoms with E-state index in [9.17, 15) is 83.6 Å². The van der Waals surface area contributed by atoms with Crippen LogP contribution in [0.2, 0.25) is 0 Å². The van der Waals surface area contributed by atoms with Crippen molar-refractivity contribution < 1.29 is 143 Å². The molecule has 8 fully saturated rings. The van der Waals surface area contributed by atoms with Gasteiger partial charge in [-0.25, -0.2) is 21.0 Å². The molecule has 139 heavy (non-hydrogen) atoms. The molecule has 2 atom stereocenters. The zero-order valence-corrected chi connectivity index (χ0v) is 86.6. The molecule has 714 valence electrons. The molecule has 21 rings (SSSR count). The summed E-state index contributed by atoms with van der Waals surface area (Å²) in [6, 6.07) is 132. The van der Waals surface area contributed by atoms with Crippen molar-refractivity contribution in [1.82, 2.24) is 0 Å². The molecule has 0 N–H and O–H groups in total. The number of alkyl halides is 10. The maximum Gasteiger partial charge on any atom is 2.00 e. The molecule has 8 aliphatic rings. The van der Waals surface area contributed by atoms with Crippen molar-refractivity contribution in [3.8, 4) is 0 Å². The molecule has 0 radical (unpaired) electrons. The SMILES string of the molecule is Brc1ccc(N(c2ccccc2)c2ccccc2)cc1.O=C(OC(C(F)(F)F)C(F)(F)S(=O)(=O)[O-])C12CC3CC(CC(C3)C1)C2.O=C(OC(C(F)(F)F)C(F)(F)S(=O)(=O)[O-])C12CC3CC(CC(C3)C1)C2.O=S(c1ccccc1)c1ccccc1.[Br-].[H-].[H-].[Mg+2].[Mg+2].[Na+].[c-]1ccc(N(c2ccccc2)c2ccccc2)cc1.c1ccc(N(c2ccccc2)c2ccc([S+](c3ccccc3)c3ccccc3)cc2)cc1. The van der Waals surface area contributed by atoms with Crippen LogP contribution in [0.25, 0.3) is 0 Å². The smallest absolute Gasteiger partial charge is 1.00 e. The number of halogens is 12. The first-order chi connectivity index (χ1) is 64.6. The molecular formula is C106H96Br2F10Mg2N3NaO11S4. The second-order valence-corrected chi connectivity index (χ2v) is 41.5. The van der Waals surface area contributed by atoms with Crippen LogP contribution in [0, 0.1) is 52.4 Å². The van der Waals surface area contributed by atoms with Crippen LogP contribution in [-0.4, -0.2) is 123 Å². The molecule has 13 aromatic carbocycles. The Bertz CT molecular complexity index is 5770. The first-order valence-electron chi connectivity index (χ1n) is 43.7. The fourth-order valence-corrected chi connectivity index (χ4v) is 23.8. The number of anilines is 9. The van der Waals surface area contributed by atoms with Gasteiger partial charge in [-0.05, 0) is 282 Å². The van der Waals surface area contributed by atoms with Crippen molar-refractivity contribution in [1.29, 1.82) is 0 Å². The number of hydrogen-bond donors (Lipinski definition) is 0. The number of hydrogen-bond acceptors (Lipinski definition) is 14. The number of rotatable bonds is 22. The molecule has 33 heteroatoms. The van der Waals surface area contributed by atoms with Gasteiger partial charge in [-0.1, -0.05) is 204 Å². The maximum atomic E-state index is 13.5. The van der Waals surface area contributed by atoms with Gasteiger partial charge >= 0.3 is 110 Å². The number of carbonyl (C=O) groups excluding carboxylic acids is 2. The molecule has 13 aromatic rings. The minimum absolute atomic E-state index is 0. The van der Waals surface area contributed by atoms with E-state index in [2.05, 4.69) is 325 Å². The predicted molar refractivity (Wildman–Crippen MR) is 519 cm³/mol. The standard InChI is InChI=1S/C30H24NS.C18H14BrN.C18H14N.2C14H17F5O5S.C12H10OS.BrH.2Mg.Na.2H/c1-5-13-25(14-6-1)31(26-15-7-2-8-16-26)27-21-23-30(24-22-27)32(28-17-9-3-10-18-28)29-19-11-4-12-20-29;19-15-11-13-18(14-12-15)20(16-7-3-1-4-8-16)17-9-5-2-6-10-17;1-4-10-16(11-5-1)19(17-12-6-2-7-13-17)18-14-8-3-9-15-18;2*15-13(16,17)10(14(18,19)25(21,22)23)24-11(20)12-4-7-1-8(5-12)3-9(2-7)6-12;13-14(11-7-3-1-4-8-11)12-9-5-2-6-10-12;;;;;;/h1-24H;1-14H;1-2,4-15H;2*7-10H,1-6H2,(H,21,22,23);1-10H;1H;;;;;/q+1;;-1;;;;;2*+2;+1;2*-1/p-3. The van der Waals surface area contributed by atoms with Crippen molar-refractivity contribution in [3.63, 3.8) is 0 Å². The van der Waals surface area contributed by atoms with Crippen molar-refractivity contribution in [2.24, 2.45) is 46.3 Å². The molecule has 0 saturated heterocycles. The molecule has 0 amide bonds. The van der Waals surface area contributed by atoms with Gasteiger partial charge in [0.05, 0.1) is 32.5 Å². The van der Waals surface area contributed by atoms with Crippen LogP contribution >= 0.6 is 15.9 Å². The van der Waals surface area contributed by atoms with Gasteiger partial charge < -0.3 is 53.1 Å². The molecule has 8 aliphatic carbocycles. The number of nitrogens with zero attached hydrogens (tertiary/aromatic N) is 3. The minimum atomic E-state index is -6.67. The molecule has 0 spiro atoms. The van der Waals surface area contributed by atoms with E-state index in [0.29, 0.717) is 0 Å². The fourth-order valence-electron chi connectivity index (χ4n) is 19.5. The van der Waals surface area contributed by atoms with E-state index < -0.39 is 88.9 Å². The summed E-state index contributed by atoms with van der Waals surface area (Å²) < 4.78 is 216. The Kier molecular flexibility index (Phi) is 40.4. The van der Waals surface area contributed by atoms with Gasteiger partial charge in [0, 0.05) is 59.8 Å². The zero-order valence-electron chi connectivity index (χ0n) is 77.3. The fraction of sp³-hybridized carbons (Fsp3) is 0.245. The Labute approximate surface area is 885 Å². The van der Waals surface area contributed by atoms with Gasteiger partial charge in [0.1, 0.15) is 0 Å². The number of ether oxygens (including phenoxy) is 2. The number of benzene rings is 13. The first-order valence-corrected chi connectivity index (χ1v) is 49.7. The maximum absolute atomic E-state index is 13.5. The van der Waals surface area contributed by atoms with Gasteiger partial charge in [0.2, 0.25) is 0 Å². The van der Waals surface area contributed by atoms with Gasteiger partial charge in [0.25, 0.3) is 12.2 Å². The summed E-state index contributed by atoms with van der Waals surface area (Å²) in [4.78, 5) is 37.2. The average molecular weight is 2140 g/mol. The summed E-state index contributed by atoms with van der Waals surface area (Å²) in [7, 11) is -14.5. The average Bonchev–Trinajstić information content (AvgIpc) is 0.734. The van der Waals surface area contributed by atoms with E-state index in [4.69, 9.17) is 0 Å². The molecule has 14 nitrogen and oxygen atoms in total. The van der Waals surface area contributed by atoms with Crippen LogP contribution in [0.5, 0.6) is 0 Å². The van der Waals surface area contributed by atoms with E-state index in [1.807, 2.05) is 97.1 Å². The summed E-state index contributed by atoms with van der Waals surface area (Å²) in [6.45, 7) is 0. The van der Waals surface area contributed by atoms with Crippen LogP contribution in [0.1, 0.15) is 79.9 Å². The van der Waals surface area contributed by atoms with Crippen molar-refractivity contribution in [2.45, 2.75) is 137 Å². The van der Waals surface area contributed by atoms with Gasteiger partial charge in [-0.15, -0.1) is 12.1 Å². The molecule has 0 aliphatic heterocycles. The summed E-state index contributed by atoms with van der Waals surface area (Å²) in [5.74, 6) is -2.16. The summed E-state index contributed by atoms with van der Waals surface area (Å²) in [6.07, 6.45) is -13.8. The third kappa shape index (κ3) is 28.5. The monoisotopic (exact) mass is 2130 g/mol. The Morgan fingerprint density at radius 2 is 0.554 bits per heavy atom. The third-order valence-electron chi connectivity index (χ3n) is 24.6. The van der Waals surface area contributed by atoms with Crippen LogP contribution in [-0.2, 0) is 61.0 Å². The quantitative estimate of drug-likeness (QED) is 0.0155. The normalized spacial score (nSPS) is 19.4. The Hall–Kier alpha value is -8.69. The Morgan fingerprint density at radius 1 is 0.353 bits per heavy atom. The van der Waals surface area contributed by atoms with E-state index in [-0.39, 0.29) is 180 Å². The molecule has 8 saturated carbocycles. The van der Waals surface area contributed by atoms with E-state index in [1.165, 1.54) is 14.7 Å². The second-order valence-electron chi connectivity index (χ2n) is 34.2. The van der Waals surface area contributed by atoms with E-state index in [0.717, 1.165) is 104 Å². The predicted octanol–water partition coefficient (Wildman–Crippen LogP) is 21.1. The van der Waals surface area contributed by atoms with Crippen molar-refractivity contribution >= 4 is 167 Å². The number of esters is 2. The van der Waals surface area contributed by atoms with Crippen LogP contribution in [0.4, 0.5) is 95.1 Å². The van der Waals surface area contributed by atoms with Gasteiger partial charge in [-0.2, -0.15) is 62.1 Å². The third-order valence-corrected chi connectivity index (χ3v) is 30.5.